The zero-order chi connectivity index (χ0) is 26.7. The second-order valence-corrected chi connectivity index (χ2v) is 9.90. The standard InChI is InChI=1S/C28H30N6O4/c1-28(2,35)18-37-23-12-24(27-20(13-29)15-32-34(27)17-23)19-4-6-25(30-14-19)33-10-8-21(9-11-33)38-26-7-5-22(36-3)16-31-26/h4-7,12,14-17,21,35H,8-11,18H2,1-3H3. The van der Waals surface area contributed by atoms with Gasteiger partial charge in [-0.3, -0.25) is 0 Å². The van der Waals surface area contributed by atoms with Crippen LogP contribution in [0.15, 0.2) is 55.1 Å². The van der Waals surface area contributed by atoms with Crippen molar-refractivity contribution >= 4 is 11.3 Å². The average molecular weight is 515 g/mol. The summed E-state index contributed by atoms with van der Waals surface area (Å²) in [7, 11) is 1.61. The van der Waals surface area contributed by atoms with Crippen LogP contribution < -0.4 is 19.1 Å². The van der Waals surface area contributed by atoms with E-state index in [9.17, 15) is 10.4 Å². The first kappa shape index (κ1) is 25.3. The van der Waals surface area contributed by atoms with Crippen LogP contribution in [0.1, 0.15) is 32.3 Å². The van der Waals surface area contributed by atoms with Gasteiger partial charge in [0.1, 0.15) is 36.1 Å². The zero-order valence-electron chi connectivity index (χ0n) is 21.7. The van der Waals surface area contributed by atoms with Gasteiger partial charge in [-0.1, -0.05) is 0 Å². The largest absolute Gasteiger partial charge is 0.495 e. The van der Waals surface area contributed by atoms with Gasteiger partial charge < -0.3 is 24.2 Å². The average Bonchev–Trinajstić information content (AvgIpc) is 3.35. The molecule has 4 aromatic rings. The predicted molar refractivity (Wildman–Crippen MR) is 142 cm³/mol. The van der Waals surface area contributed by atoms with Crippen molar-refractivity contribution in [2.24, 2.45) is 0 Å². The molecule has 1 aliphatic heterocycles. The summed E-state index contributed by atoms with van der Waals surface area (Å²) in [5.41, 5.74) is 1.79. The number of ether oxygens (including phenoxy) is 3. The second kappa shape index (κ2) is 10.6. The van der Waals surface area contributed by atoms with E-state index in [1.54, 1.807) is 37.9 Å². The number of fused-ring (bicyclic) bond motifs is 1. The number of nitriles is 1. The van der Waals surface area contributed by atoms with E-state index >= 15 is 0 Å². The number of rotatable bonds is 8. The number of hydrogen-bond acceptors (Lipinski definition) is 9. The fourth-order valence-electron chi connectivity index (χ4n) is 4.40. The number of anilines is 1. The van der Waals surface area contributed by atoms with E-state index in [4.69, 9.17) is 19.2 Å². The summed E-state index contributed by atoms with van der Waals surface area (Å²) in [4.78, 5) is 11.3. The molecule has 0 aliphatic carbocycles. The van der Waals surface area contributed by atoms with Crippen molar-refractivity contribution in [1.82, 2.24) is 19.6 Å². The van der Waals surface area contributed by atoms with Crippen molar-refractivity contribution in [3.8, 4) is 34.6 Å². The summed E-state index contributed by atoms with van der Waals surface area (Å²) in [6.45, 7) is 5.12. The lowest BCUT2D eigenvalue weighted by atomic mass is 10.0. The minimum atomic E-state index is -0.982. The number of aromatic nitrogens is 4. The minimum Gasteiger partial charge on any atom is -0.495 e. The van der Waals surface area contributed by atoms with E-state index in [-0.39, 0.29) is 12.7 Å². The number of methoxy groups -OCH3 is 1. The highest BCUT2D eigenvalue weighted by atomic mass is 16.5. The molecule has 1 aliphatic rings. The van der Waals surface area contributed by atoms with E-state index in [0.717, 1.165) is 42.9 Å². The number of pyridine rings is 3. The molecule has 0 unspecified atom stereocenters. The maximum absolute atomic E-state index is 10.1. The fourth-order valence-corrected chi connectivity index (χ4v) is 4.40. The van der Waals surface area contributed by atoms with Crippen LogP contribution in [0.4, 0.5) is 5.82 Å². The van der Waals surface area contributed by atoms with Crippen molar-refractivity contribution in [2.45, 2.75) is 38.4 Å². The van der Waals surface area contributed by atoms with Crippen molar-refractivity contribution in [2.75, 3.05) is 31.7 Å². The molecule has 0 radical (unpaired) electrons. The predicted octanol–water partition coefficient (Wildman–Crippen LogP) is 3.87. The minimum absolute atomic E-state index is 0.0950. The Labute approximate surface area is 221 Å². The molecule has 1 saturated heterocycles. The van der Waals surface area contributed by atoms with Gasteiger partial charge in [0.15, 0.2) is 0 Å². The Hall–Kier alpha value is -4.36. The van der Waals surface area contributed by atoms with Gasteiger partial charge in [-0.05, 0) is 38.1 Å². The highest BCUT2D eigenvalue weighted by Crippen LogP contribution is 2.32. The summed E-state index contributed by atoms with van der Waals surface area (Å²) in [5.74, 6) is 2.73. The number of hydrogen-bond donors (Lipinski definition) is 1. The Morgan fingerprint density at radius 3 is 2.53 bits per heavy atom. The Balaban J connectivity index is 1.30. The molecule has 0 spiro atoms. The highest BCUT2D eigenvalue weighted by molar-refractivity contribution is 5.85. The molecule has 1 N–H and O–H groups in total. The number of piperidine rings is 1. The second-order valence-electron chi connectivity index (χ2n) is 9.90. The molecule has 0 atom stereocenters. The van der Waals surface area contributed by atoms with Crippen molar-refractivity contribution < 1.29 is 19.3 Å². The van der Waals surface area contributed by atoms with Gasteiger partial charge in [0, 0.05) is 49.3 Å². The first-order chi connectivity index (χ1) is 18.3. The molecule has 10 nitrogen and oxygen atoms in total. The quantitative estimate of drug-likeness (QED) is 0.374. The Bertz CT molecular complexity index is 1430. The molecule has 0 bridgehead atoms. The summed E-state index contributed by atoms with van der Waals surface area (Å²) < 4.78 is 18.6. The van der Waals surface area contributed by atoms with Crippen molar-refractivity contribution in [3.05, 3.63) is 60.7 Å². The normalized spacial score (nSPS) is 14.3. The van der Waals surface area contributed by atoms with Crippen LogP contribution in [0.5, 0.6) is 17.4 Å². The van der Waals surface area contributed by atoms with Gasteiger partial charge in [-0.25, -0.2) is 14.5 Å². The summed E-state index contributed by atoms with van der Waals surface area (Å²) in [6.07, 6.45) is 8.52. The molecule has 1 fully saturated rings. The topological polar surface area (TPSA) is 118 Å². The Morgan fingerprint density at radius 1 is 1.08 bits per heavy atom. The maximum atomic E-state index is 10.1. The van der Waals surface area contributed by atoms with Gasteiger partial charge in [-0.15, -0.1) is 0 Å². The molecule has 5 heterocycles. The molecule has 0 saturated carbocycles. The van der Waals surface area contributed by atoms with Gasteiger partial charge in [0.05, 0.1) is 42.4 Å². The van der Waals surface area contributed by atoms with E-state index < -0.39 is 5.60 Å². The lowest BCUT2D eigenvalue weighted by Gasteiger charge is -2.32. The SMILES string of the molecule is COc1ccc(OC2CCN(c3ccc(-c4cc(OCC(C)(C)O)cn5ncc(C#N)c45)cn3)CC2)nc1. The van der Waals surface area contributed by atoms with E-state index in [1.807, 2.05) is 36.5 Å². The molecule has 10 heteroatoms. The van der Waals surface area contributed by atoms with Crippen molar-refractivity contribution in [3.63, 3.8) is 0 Å². The summed E-state index contributed by atoms with van der Waals surface area (Å²) in [6, 6.07) is 11.7. The van der Waals surface area contributed by atoms with Gasteiger partial charge in [-0.2, -0.15) is 10.4 Å². The third-order valence-electron chi connectivity index (χ3n) is 6.36. The van der Waals surface area contributed by atoms with Crippen LogP contribution in [0.2, 0.25) is 0 Å². The molecule has 0 aromatic carbocycles. The van der Waals surface area contributed by atoms with Crippen molar-refractivity contribution in [1.29, 1.82) is 5.26 Å². The summed E-state index contributed by atoms with van der Waals surface area (Å²) in [5, 5.41) is 24.0. The molecular weight excluding hydrogens is 484 g/mol. The van der Waals surface area contributed by atoms with Gasteiger partial charge in [0.25, 0.3) is 0 Å². The van der Waals surface area contributed by atoms with Crippen LogP contribution in [0.25, 0.3) is 16.6 Å². The maximum Gasteiger partial charge on any atom is 0.213 e. The first-order valence-electron chi connectivity index (χ1n) is 12.5. The van der Waals surface area contributed by atoms with E-state index in [2.05, 4.69) is 21.1 Å². The Kier molecular flexibility index (Phi) is 7.03. The van der Waals surface area contributed by atoms with Gasteiger partial charge >= 0.3 is 0 Å². The van der Waals surface area contributed by atoms with Crippen LogP contribution >= 0.6 is 0 Å². The Morgan fingerprint density at radius 2 is 1.89 bits per heavy atom. The molecule has 4 aromatic heterocycles. The third-order valence-corrected chi connectivity index (χ3v) is 6.36. The van der Waals surface area contributed by atoms with E-state index in [0.29, 0.717) is 28.5 Å². The number of aliphatic hydroxyl groups is 1. The first-order valence-corrected chi connectivity index (χ1v) is 12.5. The fraction of sp³-hybridized carbons (Fsp3) is 0.357. The molecular formula is C28H30N6O4. The monoisotopic (exact) mass is 514 g/mol. The highest BCUT2D eigenvalue weighted by Gasteiger charge is 2.22. The van der Waals surface area contributed by atoms with E-state index in [1.165, 1.54) is 6.20 Å². The molecule has 38 heavy (non-hydrogen) atoms. The lowest BCUT2D eigenvalue weighted by molar-refractivity contribution is 0.0283. The lowest BCUT2D eigenvalue weighted by Crippen LogP contribution is -2.38. The molecule has 196 valence electrons. The van der Waals surface area contributed by atoms with Crippen LogP contribution in [-0.4, -0.2) is 63.2 Å². The van der Waals surface area contributed by atoms with Crippen LogP contribution in [0, 0.1) is 11.3 Å². The van der Waals surface area contributed by atoms with Crippen LogP contribution in [-0.2, 0) is 0 Å². The van der Waals surface area contributed by atoms with Crippen LogP contribution in [0.3, 0.4) is 0 Å². The molecule has 0 amide bonds. The van der Waals surface area contributed by atoms with Gasteiger partial charge in [0.2, 0.25) is 5.88 Å². The third kappa shape index (κ3) is 5.63. The number of nitrogens with zero attached hydrogens (tertiary/aromatic N) is 6. The summed E-state index contributed by atoms with van der Waals surface area (Å²) >= 11 is 0. The zero-order valence-corrected chi connectivity index (χ0v) is 21.7. The molecule has 5 rings (SSSR count). The smallest absolute Gasteiger partial charge is 0.213 e.